The molecule has 0 aliphatic rings. The molecule has 0 saturated heterocycles. The van der Waals surface area contributed by atoms with Gasteiger partial charge in [-0.2, -0.15) is 4.98 Å². The Hall–Kier alpha value is -2.79. The molecular weight excluding hydrogens is 348 g/mol. The van der Waals surface area contributed by atoms with Crippen molar-refractivity contribution < 1.29 is 4.74 Å². The fourth-order valence-corrected chi connectivity index (χ4v) is 2.81. The lowest BCUT2D eigenvalue weighted by Gasteiger charge is -2.12. The quantitative estimate of drug-likeness (QED) is 0.624. The van der Waals surface area contributed by atoms with Crippen LogP contribution in [0.2, 0.25) is 5.02 Å². The van der Waals surface area contributed by atoms with Crippen LogP contribution in [0.5, 0.6) is 5.75 Å². The maximum Gasteiger partial charge on any atom is 0.224 e. The van der Waals surface area contributed by atoms with Gasteiger partial charge in [-0.1, -0.05) is 41.9 Å². The number of hydrogen-bond donors (Lipinski definition) is 2. The van der Waals surface area contributed by atoms with Gasteiger partial charge < -0.3 is 15.4 Å². The molecule has 3 aromatic rings. The third-order valence-electron chi connectivity index (χ3n) is 3.86. The van der Waals surface area contributed by atoms with Crippen LogP contribution < -0.4 is 15.4 Å². The number of nitrogens with one attached hydrogen (secondary N) is 2. The van der Waals surface area contributed by atoms with Crippen LogP contribution in [0.4, 0.5) is 17.5 Å². The topological polar surface area (TPSA) is 59.1 Å². The van der Waals surface area contributed by atoms with Gasteiger partial charge in [0, 0.05) is 18.3 Å². The number of benzene rings is 2. The summed E-state index contributed by atoms with van der Waals surface area (Å²) in [4.78, 5) is 8.97. The molecule has 0 fully saturated rings. The number of aryl methyl sites for hydroxylation is 1. The van der Waals surface area contributed by atoms with Crippen molar-refractivity contribution >= 4 is 29.1 Å². The largest absolute Gasteiger partial charge is 0.496 e. The molecule has 5 nitrogen and oxygen atoms in total. The molecule has 2 N–H and O–H groups in total. The number of aromatic nitrogens is 2. The van der Waals surface area contributed by atoms with E-state index >= 15 is 0 Å². The van der Waals surface area contributed by atoms with Crippen LogP contribution in [-0.4, -0.2) is 23.6 Å². The Morgan fingerprint density at radius 3 is 2.62 bits per heavy atom. The Morgan fingerprint density at radius 2 is 1.81 bits per heavy atom. The molecule has 0 spiro atoms. The molecule has 0 saturated carbocycles. The standard InChI is InChI=1S/C20H21ClN4O/c1-14-13-19(24-17-9-5-4-8-16(17)21)25-20(23-14)22-12-11-15-7-3-6-10-18(15)26-2/h3-10,13H,11-12H2,1-2H3,(H2,22,23,24,25). The number of nitrogens with zero attached hydrogens (tertiary/aromatic N) is 2. The SMILES string of the molecule is COc1ccccc1CCNc1nc(C)cc(Nc2ccccc2Cl)n1. The number of rotatable bonds is 7. The zero-order chi connectivity index (χ0) is 18.4. The van der Waals surface area contributed by atoms with Crippen molar-refractivity contribution in [2.24, 2.45) is 0 Å². The van der Waals surface area contributed by atoms with E-state index in [0.717, 1.165) is 29.1 Å². The fourth-order valence-electron chi connectivity index (χ4n) is 2.63. The summed E-state index contributed by atoms with van der Waals surface area (Å²) >= 11 is 6.20. The number of ether oxygens (including phenoxy) is 1. The Morgan fingerprint density at radius 1 is 1.04 bits per heavy atom. The Labute approximate surface area is 158 Å². The van der Waals surface area contributed by atoms with Gasteiger partial charge in [-0.05, 0) is 37.1 Å². The average molecular weight is 369 g/mol. The minimum Gasteiger partial charge on any atom is -0.496 e. The van der Waals surface area contributed by atoms with E-state index in [1.807, 2.05) is 55.5 Å². The van der Waals surface area contributed by atoms with Crippen molar-refractivity contribution in [3.8, 4) is 5.75 Å². The first kappa shape index (κ1) is 18.0. The molecule has 0 aliphatic heterocycles. The van der Waals surface area contributed by atoms with Gasteiger partial charge in [0.05, 0.1) is 17.8 Å². The zero-order valence-corrected chi connectivity index (χ0v) is 15.5. The van der Waals surface area contributed by atoms with Gasteiger partial charge in [-0.15, -0.1) is 0 Å². The molecule has 0 amide bonds. The zero-order valence-electron chi connectivity index (χ0n) is 14.8. The number of anilines is 3. The maximum atomic E-state index is 6.20. The second-order valence-corrected chi connectivity index (χ2v) is 6.22. The molecule has 26 heavy (non-hydrogen) atoms. The molecule has 2 aromatic carbocycles. The van der Waals surface area contributed by atoms with E-state index in [4.69, 9.17) is 16.3 Å². The van der Waals surface area contributed by atoms with Crippen LogP contribution in [-0.2, 0) is 6.42 Å². The van der Waals surface area contributed by atoms with Crippen LogP contribution >= 0.6 is 11.6 Å². The molecule has 1 aromatic heterocycles. The van der Waals surface area contributed by atoms with Crippen LogP contribution in [0.1, 0.15) is 11.3 Å². The first-order valence-corrected chi connectivity index (χ1v) is 8.76. The molecule has 0 aliphatic carbocycles. The number of hydrogen-bond acceptors (Lipinski definition) is 5. The monoisotopic (exact) mass is 368 g/mol. The van der Waals surface area contributed by atoms with Gasteiger partial charge >= 0.3 is 0 Å². The van der Waals surface area contributed by atoms with E-state index in [0.29, 0.717) is 23.3 Å². The van der Waals surface area contributed by atoms with Crippen LogP contribution in [0.3, 0.4) is 0 Å². The first-order chi connectivity index (χ1) is 12.7. The molecule has 1 heterocycles. The number of para-hydroxylation sites is 2. The van der Waals surface area contributed by atoms with Crippen LogP contribution in [0.25, 0.3) is 0 Å². The summed E-state index contributed by atoms with van der Waals surface area (Å²) in [5.41, 5.74) is 2.83. The minimum absolute atomic E-state index is 0.578. The third kappa shape index (κ3) is 4.64. The first-order valence-electron chi connectivity index (χ1n) is 8.38. The van der Waals surface area contributed by atoms with E-state index in [1.54, 1.807) is 7.11 Å². The second-order valence-electron chi connectivity index (χ2n) is 5.81. The van der Waals surface area contributed by atoms with Gasteiger partial charge in [0.1, 0.15) is 11.6 Å². The lowest BCUT2D eigenvalue weighted by Crippen LogP contribution is -2.10. The highest BCUT2D eigenvalue weighted by Gasteiger charge is 2.06. The van der Waals surface area contributed by atoms with E-state index < -0.39 is 0 Å². The summed E-state index contributed by atoms with van der Waals surface area (Å²) in [6.07, 6.45) is 0.814. The number of halogens is 1. The van der Waals surface area contributed by atoms with Crippen molar-refractivity contribution in [3.63, 3.8) is 0 Å². The summed E-state index contributed by atoms with van der Waals surface area (Å²) in [5, 5.41) is 7.16. The lowest BCUT2D eigenvalue weighted by molar-refractivity contribution is 0.410. The third-order valence-corrected chi connectivity index (χ3v) is 4.19. The minimum atomic E-state index is 0.578. The van der Waals surface area contributed by atoms with E-state index in [-0.39, 0.29) is 0 Å². The summed E-state index contributed by atoms with van der Waals surface area (Å²) < 4.78 is 5.38. The van der Waals surface area contributed by atoms with E-state index in [2.05, 4.69) is 26.7 Å². The predicted molar refractivity (Wildman–Crippen MR) is 107 cm³/mol. The van der Waals surface area contributed by atoms with Gasteiger partial charge in [-0.3, -0.25) is 0 Å². The van der Waals surface area contributed by atoms with Crippen molar-refractivity contribution in [1.82, 2.24) is 9.97 Å². The summed E-state index contributed by atoms with van der Waals surface area (Å²) in [5.74, 6) is 2.17. The van der Waals surface area contributed by atoms with Gasteiger partial charge in [-0.25, -0.2) is 4.98 Å². The fraction of sp³-hybridized carbons (Fsp3) is 0.200. The average Bonchev–Trinajstić information content (AvgIpc) is 2.64. The van der Waals surface area contributed by atoms with Gasteiger partial charge in [0.2, 0.25) is 5.95 Å². The van der Waals surface area contributed by atoms with Crippen molar-refractivity contribution in [3.05, 3.63) is 70.9 Å². The highest BCUT2D eigenvalue weighted by Crippen LogP contribution is 2.24. The van der Waals surface area contributed by atoms with Crippen LogP contribution in [0, 0.1) is 6.92 Å². The predicted octanol–water partition coefficient (Wildman–Crippen LogP) is 4.85. The van der Waals surface area contributed by atoms with Crippen molar-refractivity contribution in [1.29, 1.82) is 0 Å². The Kier molecular flexibility index (Phi) is 5.92. The molecular formula is C20H21ClN4O. The summed E-state index contributed by atoms with van der Waals surface area (Å²) in [7, 11) is 1.68. The molecule has 6 heteroatoms. The maximum absolute atomic E-state index is 6.20. The molecule has 3 rings (SSSR count). The molecule has 0 unspecified atom stereocenters. The van der Waals surface area contributed by atoms with E-state index in [1.165, 1.54) is 0 Å². The smallest absolute Gasteiger partial charge is 0.224 e. The van der Waals surface area contributed by atoms with Gasteiger partial charge in [0.15, 0.2) is 0 Å². The van der Waals surface area contributed by atoms with Crippen LogP contribution in [0.15, 0.2) is 54.6 Å². The molecule has 0 atom stereocenters. The van der Waals surface area contributed by atoms with Crippen molar-refractivity contribution in [2.75, 3.05) is 24.3 Å². The highest BCUT2D eigenvalue weighted by atomic mass is 35.5. The highest BCUT2D eigenvalue weighted by molar-refractivity contribution is 6.33. The summed E-state index contributed by atoms with van der Waals surface area (Å²) in [6.45, 7) is 2.64. The summed E-state index contributed by atoms with van der Waals surface area (Å²) in [6, 6.07) is 17.4. The Bertz CT molecular complexity index is 885. The molecule has 0 bridgehead atoms. The van der Waals surface area contributed by atoms with Crippen molar-refractivity contribution in [2.45, 2.75) is 13.3 Å². The Balaban J connectivity index is 1.67. The lowest BCUT2D eigenvalue weighted by atomic mass is 10.1. The molecule has 0 radical (unpaired) electrons. The second kappa shape index (κ2) is 8.54. The number of methoxy groups -OCH3 is 1. The normalized spacial score (nSPS) is 10.4. The van der Waals surface area contributed by atoms with E-state index in [9.17, 15) is 0 Å². The van der Waals surface area contributed by atoms with Gasteiger partial charge in [0.25, 0.3) is 0 Å². The molecule has 134 valence electrons.